The Labute approximate surface area is 473 Å². The van der Waals surface area contributed by atoms with E-state index in [9.17, 15) is 13.6 Å². The van der Waals surface area contributed by atoms with E-state index in [1.807, 2.05) is 26.0 Å². The van der Waals surface area contributed by atoms with Gasteiger partial charge < -0.3 is 49.8 Å². The number of benzene rings is 4. The minimum atomic E-state index is -0.787. The van der Waals surface area contributed by atoms with Crippen LogP contribution in [0.1, 0.15) is 68.7 Å². The number of fused-ring (bicyclic) bond motifs is 1. The molecule has 2 aliphatic heterocycles. The highest BCUT2D eigenvalue weighted by atomic mass is 32.1. The monoisotopic (exact) mass is 1140 g/mol. The third-order valence-electron chi connectivity index (χ3n) is 12.6. The number of likely N-dealkylation sites (N-methyl/N-ethyl adjacent to an activating group) is 1. The third kappa shape index (κ3) is 15.0. The SMILES string of the molecule is CN(C)CC(=O)O.Cc1ncc(COc2cc(F)cc(Oc3ccc(-n4nc(C5CCOCC5)c5ncnc(N)c54)cc3)c2)s1.[C-]#[N+]c1c(N)c(C2CCOCC2)nn1-c1ccc(Oc2cc(F)cc(OCc3cnc(C)s3)c2)cc1. The van der Waals surface area contributed by atoms with E-state index in [2.05, 4.69) is 29.9 Å². The lowest BCUT2D eigenvalue weighted by atomic mass is 9.96. The molecule has 0 unspecified atom stereocenters. The van der Waals surface area contributed by atoms with Crippen LogP contribution < -0.4 is 30.4 Å². The number of aliphatic carboxylic acids is 1. The third-order valence-corrected chi connectivity index (χ3v) is 14.4. The van der Waals surface area contributed by atoms with Crippen molar-refractivity contribution in [2.45, 2.75) is 64.6 Å². The van der Waals surface area contributed by atoms with Gasteiger partial charge in [-0.2, -0.15) is 9.78 Å². The van der Waals surface area contributed by atoms with Crippen LogP contribution in [-0.4, -0.2) is 103 Å². The van der Waals surface area contributed by atoms with Gasteiger partial charge in [0, 0.05) is 87.1 Å². The molecule has 0 bridgehead atoms. The van der Waals surface area contributed by atoms with Crippen molar-refractivity contribution in [1.29, 1.82) is 0 Å². The number of hydrogen-bond acceptors (Lipinski definition) is 18. The van der Waals surface area contributed by atoms with Crippen molar-refractivity contribution in [1.82, 2.24) is 44.4 Å². The zero-order valence-electron chi connectivity index (χ0n) is 44.8. The van der Waals surface area contributed by atoms with E-state index in [0.717, 1.165) is 68.0 Å². The number of carbonyl (C=O) groups is 1. The molecule has 20 nitrogen and oxygen atoms in total. The number of ether oxygens (including phenoxy) is 6. The van der Waals surface area contributed by atoms with Crippen molar-refractivity contribution in [3.05, 3.63) is 158 Å². The second kappa shape index (κ2) is 26.6. The van der Waals surface area contributed by atoms with Crippen molar-refractivity contribution < 1.29 is 47.1 Å². The van der Waals surface area contributed by atoms with Crippen LogP contribution in [0.2, 0.25) is 0 Å². The number of nitrogens with zero attached hydrogens (tertiary/aromatic N) is 10. The summed E-state index contributed by atoms with van der Waals surface area (Å²) >= 11 is 3.07. The molecule has 0 atom stereocenters. The fraction of sp³-hybridized carbons (Fsp3) is 0.298. The van der Waals surface area contributed by atoms with Gasteiger partial charge in [-0.15, -0.1) is 22.7 Å². The van der Waals surface area contributed by atoms with Crippen LogP contribution in [0.4, 0.5) is 26.1 Å². The van der Waals surface area contributed by atoms with Gasteiger partial charge in [-0.3, -0.25) is 9.69 Å². The summed E-state index contributed by atoms with van der Waals surface area (Å²) in [5.41, 5.74) is 17.5. The Kier molecular flexibility index (Phi) is 18.7. The molecule has 24 heteroatoms. The lowest BCUT2D eigenvalue weighted by Gasteiger charge is -2.20. The second-order valence-electron chi connectivity index (χ2n) is 19.0. The number of nitrogens with two attached hydrogens (primary N) is 2. The zero-order valence-corrected chi connectivity index (χ0v) is 46.4. The predicted molar refractivity (Wildman–Crippen MR) is 302 cm³/mol. The molecule has 11 rings (SSSR count). The molecule has 0 saturated carbocycles. The fourth-order valence-electron chi connectivity index (χ4n) is 8.89. The normalized spacial score (nSPS) is 13.7. The van der Waals surface area contributed by atoms with Gasteiger partial charge in [0.2, 0.25) is 0 Å². The number of carboxylic acids is 1. The molecule has 0 spiro atoms. The van der Waals surface area contributed by atoms with Crippen molar-refractivity contribution in [2.75, 3.05) is 58.5 Å². The van der Waals surface area contributed by atoms with Crippen molar-refractivity contribution in [3.63, 3.8) is 0 Å². The van der Waals surface area contributed by atoms with E-state index in [-0.39, 0.29) is 24.2 Å². The van der Waals surface area contributed by atoms with Gasteiger partial charge in [0.15, 0.2) is 5.82 Å². The highest BCUT2D eigenvalue weighted by Gasteiger charge is 2.28. The first-order valence-corrected chi connectivity index (χ1v) is 27.3. The van der Waals surface area contributed by atoms with Gasteiger partial charge in [0.1, 0.15) is 82.4 Å². The van der Waals surface area contributed by atoms with Gasteiger partial charge in [-0.05, 0) is 102 Å². The highest BCUT2D eigenvalue weighted by molar-refractivity contribution is 7.11. The average molecular weight is 1140 g/mol. The maximum absolute atomic E-state index is 14.3. The van der Waals surface area contributed by atoms with Gasteiger partial charge in [0.05, 0.1) is 49.1 Å². The summed E-state index contributed by atoms with van der Waals surface area (Å²) in [6, 6.07) is 22.9. The molecule has 0 aliphatic carbocycles. The first-order valence-electron chi connectivity index (χ1n) is 25.7. The molecule has 2 saturated heterocycles. The Morgan fingerprint density at radius 3 is 1.60 bits per heavy atom. The molecule has 7 heterocycles. The number of hydrogen-bond donors (Lipinski definition) is 3. The molecule has 9 aromatic rings. The first kappa shape index (κ1) is 57.1. The molecule has 2 fully saturated rings. The first-order chi connectivity index (χ1) is 39.2. The Bertz CT molecular complexity index is 3630. The van der Waals surface area contributed by atoms with Crippen LogP contribution in [-0.2, 0) is 27.5 Å². The summed E-state index contributed by atoms with van der Waals surface area (Å²) < 4.78 is 66.0. The average Bonchev–Trinajstić information content (AvgIpc) is 4.32. The zero-order chi connectivity index (χ0) is 57.0. The number of thiazole rings is 2. The minimum Gasteiger partial charge on any atom is -0.488 e. The summed E-state index contributed by atoms with van der Waals surface area (Å²) in [4.78, 5) is 34.0. The molecular weight excluding hydrogens is 1080 g/mol. The Balaban J connectivity index is 0.000000175. The van der Waals surface area contributed by atoms with Crippen LogP contribution in [0.25, 0.3) is 27.3 Å². The van der Waals surface area contributed by atoms with Crippen molar-refractivity contribution in [2.24, 2.45) is 0 Å². The van der Waals surface area contributed by atoms with Crippen LogP contribution in [0.15, 0.2) is 104 Å². The van der Waals surface area contributed by atoms with Crippen LogP contribution in [0.5, 0.6) is 34.5 Å². The lowest BCUT2D eigenvalue weighted by Crippen LogP contribution is -2.20. The number of anilines is 2. The molecule has 4 aromatic carbocycles. The summed E-state index contributed by atoms with van der Waals surface area (Å²) in [6.07, 6.45) is 8.39. The molecule has 2 aliphatic rings. The highest BCUT2D eigenvalue weighted by Crippen LogP contribution is 2.39. The van der Waals surface area contributed by atoms with E-state index < -0.39 is 17.6 Å². The van der Waals surface area contributed by atoms with E-state index in [4.69, 9.17) is 56.7 Å². The summed E-state index contributed by atoms with van der Waals surface area (Å²) in [5, 5.41) is 19.5. The molecule has 81 heavy (non-hydrogen) atoms. The summed E-state index contributed by atoms with van der Waals surface area (Å²) in [7, 11) is 3.43. The Morgan fingerprint density at radius 2 is 1.16 bits per heavy atom. The standard InChI is InChI=1S/C27H25FN6O3S.C26H24FN5O3S.C4H9NO2/c1-16-30-13-23(38-16)14-36-21-10-18(28)11-22(12-21)37-20-4-2-19(3-5-20)34-26-25(31-15-32-27(26)29)24(33-34)17-6-8-35-9-7-17;1-16-30-14-23(36-16)15-34-21-11-18(27)12-22(13-21)35-20-5-3-19(4-6-20)32-26(29-2)24(28)25(31-32)17-7-9-33-10-8-17;1-5(2)3-4(6)7/h2-5,10-13,15,17H,6-9,14H2,1H3,(H2,29,31,32);3-6,11-14,17H,7-10,15,28H2,1H3;3H2,1-2H3,(H,6,7). The maximum atomic E-state index is 14.3. The lowest BCUT2D eigenvalue weighted by molar-refractivity contribution is -0.137. The quantitative estimate of drug-likeness (QED) is 0.0762. The number of nitrogen functional groups attached to an aromatic ring is 2. The second-order valence-corrected chi connectivity index (χ2v) is 21.6. The molecule has 420 valence electrons. The van der Waals surface area contributed by atoms with E-state index in [0.29, 0.717) is 96.8 Å². The van der Waals surface area contributed by atoms with Gasteiger partial charge in [-0.25, -0.2) is 33.4 Å². The fourth-order valence-corrected chi connectivity index (χ4v) is 10.3. The number of aromatic nitrogens is 8. The minimum absolute atomic E-state index is 0.111. The van der Waals surface area contributed by atoms with E-state index in [1.54, 1.807) is 89.3 Å². The van der Waals surface area contributed by atoms with Crippen molar-refractivity contribution >= 4 is 57.0 Å². The van der Waals surface area contributed by atoms with Crippen LogP contribution >= 0.6 is 22.7 Å². The summed E-state index contributed by atoms with van der Waals surface area (Å²) in [5.74, 6) is 1.78. The number of rotatable bonds is 16. The Morgan fingerprint density at radius 1 is 0.691 bits per heavy atom. The maximum Gasteiger partial charge on any atom is 0.317 e. The molecule has 0 amide bonds. The topological polar surface area (TPSA) is 240 Å². The van der Waals surface area contributed by atoms with E-state index >= 15 is 0 Å². The number of halogens is 2. The van der Waals surface area contributed by atoms with Crippen LogP contribution in [0, 0.1) is 32.1 Å². The predicted octanol–water partition coefficient (Wildman–Crippen LogP) is 11.4. The van der Waals surface area contributed by atoms with E-state index in [1.165, 1.54) is 53.3 Å². The van der Waals surface area contributed by atoms with Gasteiger partial charge >= 0.3 is 5.97 Å². The Hall–Kier alpha value is -8.60. The molecular formula is C57H58F2N12O8S2. The van der Waals surface area contributed by atoms with Gasteiger partial charge in [-0.1, -0.05) is 11.7 Å². The number of aryl methyl sites for hydroxylation is 2. The van der Waals surface area contributed by atoms with Crippen molar-refractivity contribution in [3.8, 4) is 45.9 Å². The van der Waals surface area contributed by atoms with Crippen LogP contribution in [0.3, 0.4) is 0 Å². The van der Waals surface area contributed by atoms with Gasteiger partial charge in [0.25, 0.3) is 5.82 Å². The largest absolute Gasteiger partial charge is 0.488 e. The summed E-state index contributed by atoms with van der Waals surface area (Å²) in [6.45, 7) is 14.9. The molecule has 5 N–H and O–H groups in total. The number of carboxylic acid groups (broad SMARTS) is 1. The molecule has 0 radical (unpaired) electrons. The smallest absolute Gasteiger partial charge is 0.317 e. The molecule has 5 aromatic heterocycles.